The van der Waals surface area contributed by atoms with Crippen LogP contribution < -0.4 is 0 Å². The molecule has 0 saturated carbocycles. The van der Waals surface area contributed by atoms with Gasteiger partial charge in [-0.1, -0.05) is 6.08 Å². The highest BCUT2D eigenvalue weighted by Crippen LogP contribution is 2.21. The summed E-state index contributed by atoms with van der Waals surface area (Å²) in [6.07, 6.45) is 0.592. The lowest BCUT2D eigenvalue weighted by atomic mass is 10.0. The highest BCUT2D eigenvalue weighted by atomic mass is 79.9. The maximum absolute atomic E-state index is 13.3. The van der Waals surface area contributed by atoms with Gasteiger partial charge in [-0.05, 0) is 28.4 Å². The van der Waals surface area contributed by atoms with Crippen LogP contribution in [0.5, 0.6) is 0 Å². The number of rotatable bonds is 5. The normalized spacial score (nSPS) is 12.2. The maximum Gasteiger partial charge on any atom is 0.168 e. The first-order valence-electron chi connectivity index (χ1n) is 4.92. The number of aliphatic hydroxyl groups is 1. The first-order chi connectivity index (χ1) is 7.95. The first kappa shape index (κ1) is 14.0. The minimum atomic E-state index is -0.929. The second kappa shape index (κ2) is 6.02. The van der Waals surface area contributed by atoms with Gasteiger partial charge in [-0.2, -0.15) is 0 Å². The summed E-state index contributed by atoms with van der Waals surface area (Å²) in [7, 11) is 0. The van der Waals surface area contributed by atoms with Crippen molar-refractivity contribution in [3.8, 4) is 0 Å². The summed E-state index contributed by atoms with van der Waals surface area (Å²) in [5.74, 6) is -2.27. The molecule has 92 valence electrons. The Morgan fingerprint density at radius 1 is 1.47 bits per heavy atom. The highest BCUT2D eigenvalue weighted by Gasteiger charge is 2.17. The molecule has 0 aliphatic heterocycles. The van der Waals surface area contributed by atoms with Gasteiger partial charge in [0.1, 0.15) is 11.6 Å². The molecule has 0 aliphatic carbocycles. The van der Waals surface area contributed by atoms with E-state index < -0.39 is 23.5 Å². The number of ketones is 1. The van der Waals surface area contributed by atoms with Gasteiger partial charge in [-0.15, -0.1) is 6.58 Å². The van der Waals surface area contributed by atoms with Crippen LogP contribution in [0.3, 0.4) is 0 Å². The largest absolute Gasteiger partial charge is 0.392 e. The molecule has 1 atom stereocenters. The van der Waals surface area contributed by atoms with Crippen LogP contribution in [0.4, 0.5) is 8.78 Å². The third-order valence-corrected chi connectivity index (χ3v) is 2.78. The van der Waals surface area contributed by atoms with Crippen LogP contribution in [-0.4, -0.2) is 17.0 Å². The summed E-state index contributed by atoms with van der Waals surface area (Å²) in [6, 6.07) is 1.71. The zero-order valence-corrected chi connectivity index (χ0v) is 10.5. The van der Waals surface area contributed by atoms with Crippen LogP contribution in [0.25, 0.3) is 0 Å². The Balaban J connectivity index is 2.89. The van der Waals surface area contributed by atoms with E-state index in [0.29, 0.717) is 6.07 Å². The van der Waals surface area contributed by atoms with E-state index >= 15 is 0 Å². The average molecular weight is 305 g/mol. The number of hydrogen-bond donors (Lipinski definition) is 1. The zero-order chi connectivity index (χ0) is 13.0. The number of benzene rings is 1. The third kappa shape index (κ3) is 3.71. The van der Waals surface area contributed by atoms with Gasteiger partial charge in [0, 0.05) is 12.5 Å². The van der Waals surface area contributed by atoms with Crippen molar-refractivity contribution in [3.05, 3.63) is 46.5 Å². The second-order valence-electron chi connectivity index (χ2n) is 3.55. The Labute approximate surface area is 106 Å². The van der Waals surface area contributed by atoms with Crippen LogP contribution >= 0.6 is 15.9 Å². The van der Waals surface area contributed by atoms with Crippen molar-refractivity contribution >= 4 is 21.7 Å². The van der Waals surface area contributed by atoms with E-state index in [4.69, 9.17) is 0 Å². The van der Waals surface area contributed by atoms with Gasteiger partial charge in [0.2, 0.25) is 0 Å². The molecule has 0 aromatic heterocycles. The van der Waals surface area contributed by atoms with E-state index in [1.165, 1.54) is 6.08 Å². The monoisotopic (exact) mass is 304 g/mol. The van der Waals surface area contributed by atoms with E-state index in [2.05, 4.69) is 22.5 Å². The van der Waals surface area contributed by atoms with Crippen molar-refractivity contribution in [2.75, 3.05) is 0 Å². The van der Waals surface area contributed by atoms with Crippen LogP contribution in [0.2, 0.25) is 0 Å². The Kier molecular flexibility index (Phi) is 4.96. The van der Waals surface area contributed by atoms with Crippen LogP contribution in [0.15, 0.2) is 29.3 Å². The molecule has 1 aromatic carbocycles. The molecule has 0 aliphatic rings. The van der Waals surface area contributed by atoms with Gasteiger partial charge >= 0.3 is 0 Å². The molecule has 0 spiro atoms. The average Bonchev–Trinajstić information content (AvgIpc) is 2.23. The van der Waals surface area contributed by atoms with E-state index in [1.807, 2.05) is 0 Å². The number of Topliss-reactive ketones (excluding diaryl/α,β-unsaturated/α-hetero) is 1. The van der Waals surface area contributed by atoms with Gasteiger partial charge in [0.25, 0.3) is 0 Å². The molecule has 1 unspecified atom stereocenters. The highest BCUT2D eigenvalue weighted by molar-refractivity contribution is 9.10. The topological polar surface area (TPSA) is 37.3 Å². The van der Waals surface area contributed by atoms with Gasteiger partial charge < -0.3 is 5.11 Å². The van der Waals surface area contributed by atoms with Crippen LogP contribution in [0, 0.1) is 11.6 Å². The molecule has 5 heteroatoms. The molecule has 1 rings (SSSR count). The summed E-state index contributed by atoms with van der Waals surface area (Å²) in [6.45, 7) is 3.42. The van der Waals surface area contributed by atoms with Crippen molar-refractivity contribution in [3.63, 3.8) is 0 Å². The first-order valence-corrected chi connectivity index (χ1v) is 5.71. The molecule has 0 heterocycles. The Morgan fingerprint density at radius 2 is 2.12 bits per heavy atom. The summed E-state index contributed by atoms with van der Waals surface area (Å²) in [5, 5.41) is 9.40. The fraction of sp³-hybridized carbons (Fsp3) is 0.250. The quantitative estimate of drug-likeness (QED) is 0.515. The van der Waals surface area contributed by atoms with E-state index in [0.717, 1.165) is 6.07 Å². The lowest BCUT2D eigenvalue weighted by Gasteiger charge is -2.08. The standard InChI is InChI=1S/C12H11BrF2O2/c1-2-3-7(16)4-12(17)8-5-9(13)11(15)6-10(8)14/h2,5-7,16H,1,3-4H2. The van der Waals surface area contributed by atoms with Crippen molar-refractivity contribution < 1.29 is 18.7 Å². The third-order valence-electron chi connectivity index (χ3n) is 2.17. The SMILES string of the molecule is C=CCC(O)CC(=O)c1cc(Br)c(F)cc1F. The van der Waals surface area contributed by atoms with Gasteiger partial charge in [-0.3, -0.25) is 4.79 Å². The summed E-state index contributed by atoms with van der Waals surface area (Å²) in [5.41, 5.74) is -0.235. The van der Waals surface area contributed by atoms with Crippen LogP contribution in [0.1, 0.15) is 23.2 Å². The Hall–Kier alpha value is -1.07. The second-order valence-corrected chi connectivity index (χ2v) is 4.41. The number of carbonyl (C=O) groups is 1. The lowest BCUT2D eigenvalue weighted by molar-refractivity contribution is 0.0880. The molecular formula is C12H11BrF2O2. The summed E-state index contributed by atoms with van der Waals surface area (Å²) in [4.78, 5) is 11.6. The lowest BCUT2D eigenvalue weighted by Crippen LogP contribution is -2.14. The Bertz CT molecular complexity index is 446. The smallest absolute Gasteiger partial charge is 0.168 e. The predicted molar refractivity (Wildman–Crippen MR) is 63.8 cm³/mol. The fourth-order valence-corrected chi connectivity index (χ4v) is 1.68. The maximum atomic E-state index is 13.3. The number of halogens is 3. The van der Waals surface area contributed by atoms with Crippen molar-refractivity contribution in [2.45, 2.75) is 18.9 Å². The summed E-state index contributed by atoms with van der Waals surface area (Å²) >= 11 is 2.87. The fourth-order valence-electron chi connectivity index (χ4n) is 1.34. The predicted octanol–water partition coefficient (Wildman–Crippen LogP) is 3.24. The molecule has 0 amide bonds. The number of hydrogen-bond acceptors (Lipinski definition) is 2. The van der Waals surface area contributed by atoms with Crippen molar-refractivity contribution in [1.82, 2.24) is 0 Å². The molecule has 1 N–H and O–H groups in total. The molecule has 0 saturated heterocycles. The minimum absolute atomic E-state index is 0.0143. The molecular weight excluding hydrogens is 294 g/mol. The van der Waals surface area contributed by atoms with Gasteiger partial charge in [0.05, 0.1) is 16.1 Å². The number of carbonyl (C=O) groups excluding carboxylic acids is 1. The minimum Gasteiger partial charge on any atom is -0.392 e. The van der Waals surface area contributed by atoms with Gasteiger partial charge in [-0.25, -0.2) is 8.78 Å². The van der Waals surface area contributed by atoms with E-state index in [9.17, 15) is 18.7 Å². The molecule has 0 fully saturated rings. The molecule has 17 heavy (non-hydrogen) atoms. The zero-order valence-electron chi connectivity index (χ0n) is 8.92. The summed E-state index contributed by atoms with van der Waals surface area (Å²) < 4.78 is 26.3. The molecule has 0 bridgehead atoms. The Morgan fingerprint density at radius 3 is 2.71 bits per heavy atom. The van der Waals surface area contributed by atoms with Gasteiger partial charge in [0.15, 0.2) is 5.78 Å². The molecule has 2 nitrogen and oxygen atoms in total. The van der Waals surface area contributed by atoms with Crippen molar-refractivity contribution in [1.29, 1.82) is 0 Å². The number of aliphatic hydroxyl groups excluding tert-OH is 1. The van der Waals surface area contributed by atoms with Crippen LogP contribution in [-0.2, 0) is 0 Å². The molecule has 0 radical (unpaired) electrons. The molecule has 1 aromatic rings. The van der Waals surface area contributed by atoms with E-state index in [1.54, 1.807) is 0 Å². The van der Waals surface area contributed by atoms with Crippen molar-refractivity contribution in [2.24, 2.45) is 0 Å². The van der Waals surface area contributed by atoms with E-state index in [-0.39, 0.29) is 22.9 Å².